The van der Waals surface area contributed by atoms with Crippen LogP contribution in [0.15, 0.2) is 53.0 Å². The highest BCUT2D eigenvalue weighted by atomic mass is 79.9. The second kappa shape index (κ2) is 15.3. The Morgan fingerprint density at radius 1 is 1.07 bits per heavy atom. The molecule has 0 bridgehead atoms. The number of rotatable bonds is 16. The van der Waals surface area contributed by atoms with E-state index in [0.717, 1.165) is 39.6 Å². The molecular formula is C31H41BrN5O6P. The van der Waals surface area contributed by atoms with Gasteiger partial charge < -0.3 is 24.3 Å². The molecule has 3 N–H and O–H groups in total. The summed E-state index contributed by atoms with van der Waals surface area (Å²) < 4.78 is 40.1. The van der Waals surface area contributed by atoms with Gasteiger partial charge in [-0.15, -0.1) is 0 Å². The predicted octanol–water partition coefficient (Wildman–Crippen LogP) is 7.33. The van der Waals surface area contributed by atoms with Crippen LogP contribution in [0.4, 0.5) is 5.82 Å². The molecule has 0 aliphatic heterocycles. The summed E-state index contributed by atoms with van der Waals surface area (Å²) in [5, 5.41) is 3.69. The van der Waals surface area contributed by atoms with Gasteiger partial charge in [0.1, 0.15) is 29.7 Å². The van der Waals surface area contributed by atoms with Gasteiger partial charge in [0, 0.05) is 22.5 Å². The molecule has 4 aromatic rings. The van der Waals surface area contributed by atoms with Crippen molar-refractivity contribution in [3.63, 3.8) is 0 Å². The quantitative estimate of drug-likeness (QED) is 0.0907. The molecule has 3 atom stereocenters. The highest BCUT2D eigenvalue weighted by Gasteiger charge is 2.33. The van der Waals surface area contributed by atoms with Crippen molar-refractivity contribution in [2.75, 3.05) is 18.9 Å². The van der Waals surface area contributed by atoms with Gasteiger partial charge in [-0.05, 0) is 70.9 Å². The van der Waals surface area contributed by atoms with Gasteiger partial charge >= 0.3 is 13.7 Å². The van der Waals surface area contributed by atoms with E-state index >= 15 is 0 Å². The van der Waals surface area contributed by atoms with Gasteiger partial charge in [-0.2, -0.15) is 5.09 Å². The van der Waals surface area contributed by atoms with Crippen LogP contribution in [-0.2, 0) is 30.0 Å². The zero-order valence-electron chi connectivity index (χ0n) is 25.8. The molecule has 11 nitrogen and oxygen atoms in total. The van der Waals surface area contributed by atoms with E-state index in [2.05, 4.69) is 37.5 Å². The number of aromatic nitrogens is 3. The summed E-state index contributed by atoms with van der Waals surface area (Å²) in [7, 11) is -4.03. The smallest absolute Gasteiger partial charge is 0.459 e. The second-order valence-electron chi connectivity index (χ2n) is 10.7. The van der Waals surface area contributed by atoms with E-state index in [9.17, 15) is 9.36 Å². The molecule has 0 aliphatic carbocycles. The van der Waals surface area contributed by atoms with E-state index in [1.54, 1.807) is 45.0 Å². The normalized spacial score (nSPS) is 14.5. The fraction of sp³-hybridized carbons (Fsp3) is 0.452. The lowest BCUT2D eigenvalue weighted by atomic mass is 10.1. The van der Waals surface area contributed by atoms with Gasteiger partial charge in [-0.3, -0.25) is 9.32 Å². The van der Waals surface area contributed by atoms with Crippen molar-refractivity contribution in [2.24, 2.45) is 0 Å². The lowest BCUT2D eigenvalue weighted by molar-refractivity contribution is -0.149. The number of halogens is 1. The summed E-state index contributed by atoms with van der Waals surface area (Å²) in [5.74, 6) is 0.839. The molecule has 0 radical (unpaired) electrons. The molecule has 0 unspecified atom stereocenters. The number of carbonyl (C=O) groups is 1. The van der Waals surface area contributed by atoms with Crippen LogP contribution < -0.4 is 15.3 Å². The van der Waals surface area contributed by atoms with E-state index in [-0.39, 0.29) is 18.8 Å². The number of hydrogen-bond acceptors (Lipinski definition) is 9. The molecule has 0 amide bonds. The van der Waals surface area contributed by atoms with Gasteiger partial charge in [0.15, 0.2) is 5.82 Å². The van der Waals surface area contributed by atoms with E-state index in [4.69, 9.17) is 29.2 Å². The number of anilines is 1. The average Bonchev–Trinajstić information content (AvgIpc) is 3.36. The van der Waals surface area contributed by atoms with Crippen molar-refractivity contribution < 1.29 is 27.9 Å². The minimum absolute atomic E-state index is 0.0592. The van der Waals surface area contributed by atoms with Crippen LogP contribution in [0.2, 0.25) is 0 Å². The SMILES string of the molecule is CCC[C@@H](CCO[P@](=O)(N[C@@H](C)C(=O)OC(C)C)Oc1ccc(Br)cc1)n1c(COCC)nc2c(N)nc3ccccc3c21. The Morgan fingerprint density at radius 2 is 1.80 bits per heavy atom. The number of para-hydroxylation sites is 1. The molecule has 2 heterocycles. The first kappa shape index (κ1) is 33.9. The molecule has 2 aromatic heterocycles. The summed E-state index contributed by atoms with van der Waals surface area (Å²) >= 11 is 3.40. The van der Waals surface area contributed by atoms with Gasteiger partial charge in [0.25, 0.3) is 0 Å². The minimum Gasteiger partial charge on any atom is -0.462 e. The average molecular weight is 691 g/mol. The van der Waals surface area contributed by atoms with E-state index in [1.165, 1.54) is 0 Å². The van der Waals surface area contributed by atoms with Gasteiger partial charge in [0.05, 0.1) is 23.7 Å². The maximum atomic E-state index is 14.1. The second-order valence-corrected chi connectivity index (χ2v) is 13.3. The Bertz CT molecular complexity index is 1610. The van der Waals surface area contributed by atoms with Crippen molar-refractivity contribution in [1.29, 1.82) is 0 Å². The minimum atomic E-state index is -4.03. The molecule has 238 valence electrons. The fourth-order valence-electron chi connectivity index (χ4n) is 4.95. The molecule has 13 heteroatoms. The summed E-state index contributed by atoms with van der Waals surface area (Å²) in [6.07, 6.45) is 1.80. The van der Waals surface area contributed by atoms with Crippen molar-refractivity contribution in [1.82, 2.24) is 19.6 Å². The van der Waals surface area contributed by atoms with E-state index < -0.39 is 19.8 Å². The maximum absolute atomic E-state index is 14.1. The first-order valence-corrected chi connectivity index (χ1v) is 17.2. The highest BCUT2D eigenvalue weighted by molar-refractivity contribution is 9.10. The first-order chi connectivity index (χ1) is 21.0. The predicted molar refractivity (Wildman–Crippen MR) is 175 cm³/mol. The molecule has 2 aromatic carbocycles. The van der Waals surface area contributed by atoms with Crippen LogP contribution in [0.3, 0.4) is 0 Å². The number of nitrogens with one attached hydrogen (secondary N) is 1. The van der Waals surface area contributed by atoms with Crippen LogP contribution in [0.25, 0.3) is 21.9 Å². The number of ether oxygens (including phenoxy) is 2. The van der Waals surface area contributed by atoms with Gasteiger partial charge in [-0.1, -0.05) is 47.5 Å². The summed E-state index contributed by atoms with van der Waals surface area (Å²) in [4.78, 5) is 22.0. The number of hydrogen-bond donors (Lipinski definition) is 2. The monoisotopic (exact) mass is 689 g/mol. The third kappa shape index (κ3) is 8.37. The highest BCUT2D eigenvalue weighted by Crippen LogP contribution is 2.46. The summed E-state index contributed by atoms with van der Waals surface area (Å²) in [5.41, 5.74) is 8.65. The van der Waals surface area contributed by atoms with Crippen LogP contribution in [-0.4, -0.2) is 45.9 Å². The number of nitrogens with zero attached hydrogens (tertiary/aromatic N) is 3. The lowest BCUT2D eigenvalue weighted by Crippen LogP contribution is -2.36. The largest absolute Gasteiger partial charge is 0.462 e. The van der Waals surface area contributed by atoms with E-state index in [0.29, 0.717) is 36.7 Å². The molecule has 0 spiro atoms. The molecule has 4 rings (SSSR count). The molecule has 0 saturated heterocycles. The third-order valence-electron chi connectivity index (χ3n) is 6.86. The molecule has 0 aliphatic rings. The third-order valence-corrected chi connectivity index (χ3v) is 9.06. The number of benzene rings is 2. The van der Waals surface area contributed by atoms with Crippen molar-refractivity contribution in [2.45, 2.75) is 78.7 Å². The topological polar surface area (TPSA) is 140 Å². The van der Waals surface area contributed by atoms with Crippen LogP contribution in [0.1, 0.15) is 65.7 Å². The lowest BCUT2D eigenvalue weighted by Gasteiger charge is -2.25. The number of nitrogen functional groups attached to an aromatic ring is 1. The van der Waals surface area contributed by atoms with Crippen molar-refractivity contribution in [3.8, 4) is 5.75 Å². The summed E-state index contributed by atoms with van der Waals surface area (Å²) in [6, 6.07) is 13.6. The number of imidazole rings is 1. The first-order valence-electron chi connectivity index (χ1n) is 14.9. The van der Waals surface area contributed by atoms with E-state index in [1.807, 2.05) is 31.2 Å². The van der Waals surface area contributed by atoms with Crippen molar-refractivity contribution in [3.05, 3.63) is 58.8 Å². The van der Waals surface area contributed by atoms with Crippen LogP contribution >= 0.6 is 23.7 Å². The Balaban J connectivity index is 1.66. The Kier molecular flexibility index (Phi) is 11.8. The number of esters is 1. The van der Waals surface area contributed by atoms with Crippen molar-refractivity contribution >= 4 is 57.4 Å². The Labute approximate surface area is 266 Å². The Morgan fingerprint density at radius 3 is 2.48 bits per heavy atom. The Hall–Kier alpha value is -3.02. The summed E-state index contributed by atoms with van der Waals surface area (Å²) in [6.45, 7) is 9.98. The van der Waals surface area contributed by atoms with Crippen LogP contribution in [0.5, 0.6) is 5.75 Å². The fourth-order valence-corrected chi connectivity index (χ4v) is 6.72. The molecular weight excluding hydrogens is 649 g/mol. The zero-order chi connectivity index (χ0) is 31.9. The number of fused-ring (bicyclic) bond motifs is 3. The number of nitrogens with two attached hydrogens (primary N) is 1. The zero-order valence-corrected chi connectivity index (χ0v) is 28.3. The molecule has 44 heavy (non-hydrogen) atoms. The van der Waals surface area contributed by atoms with Crippen LogP contribution in [0, 0.1) is 0 Å². The standard InChI is InChI=1S/C31H41BrN5O6P/c1-6-10-23(37-27(19-40-7-2)35-28-29(37)25-11-8-9-12-26(25)34-30(28)33)17-18-41-44(39,36-21(5)31(38)42-20(3)4)43-24-15-13-22(32)14-16-24/h8-9,11-16,20-21,23H,6-7,10,17-19H2,1-5H3,(H2,33,34)(H,36,39)/t21-,23-,44+/m0/s1. The number of pyridine rings is 1. The molecule has 0 saturated carbocycles. The number of carbonyl (C=O) groups excluding carboxylic acids is 1. The van der Waals surface area contributed by atoms with Gasteiger partial charge in [-0.25, -0.2) is 14.5 Å². The molecule has 0 fully saturated rings. The maximum Gasteiger partial charge on any atom is 0.459 e. The van der Waals surface area contributed by atoms with Gasteiger partial charge in [0.2, 0.25) is 0 Å².